The van der Waals surface area contributed by atoms with Crippen LogP contribution in [-0.4, -0.2) is 23.9 Å². The Morgan fingerprint density at radius 1 is 1.14 bits per heavy atom. The number of hydrogen-bond donors (Lipinski definition) is 0. The van der Waals surface area contributed by atoms with Crippen LogP contribution in [-0.2, 0) is 11.2 Å². The third-order valence-electron chi connectivity index (χ3n) is 3.38. The van der Waals surface area contributed by atoms with Crippen LogP contribution in [0.1, 0.15) is 26.3 Å². The van der Waals surface area contributed by atoms with Crippen molar-refractivity contribution in [3.63, 3.8) is 0 Å². The van der Waals surface area contributed by atoms with Crippen LogP contribution < -0.4 is 0 Å². The number of carbonyl (C=O) groups is 1. The second kappa shape index (κ2) is 8.96. The van der Waals surface area contributed by atoms with Gasteiger partial charge < -0.3 is 4.90 Å². The van der Waals surface area contributed by atoms with E-state index in [1.165, 1.54) is 5.56 Å². The van der Waals surface area contributed by atoms with Crippen molar-refractivity contribution in [2.24, 2.45) is 0 Å². The highest BCUT2D eigenvalue weighted by Crippen LogP contribution is 2.10. The van der Waals surface area contributed by atoms with Crippen molar-refractivity contribution in [2.45, 2.75) is 27.2 Å². The lowest BCUT2D eigenvalue weighted by Gasteiger charge is -2.19. The molecule has 0 bridgehead atoms. The van der Waals surface area contributed by atoms with Gasteiger partial charge in [-0.25, -0.2) is 0 Å². The van der Waals surface area contributed by atoms with Crippen LogP contribution in [0.4, 0.5) is 0 Å². The summed E-state index contributed by atoms with van der Waals surface area (Å²) < 4.78 is 0. The molecule has 0 spiro atoms. The Labute approximate surface area is 128 Å². The van der Waals surface area contributed by atoms with Gasteiger partial charge in [0.15, 0.2) is 0 Å². The largest absolute Gasteiger partial charge is 0.339 e. The Morgan fingerprint density at radius 2 is 1.76 bits per heavy atom. The summed E-state index contributed by atoms with van der Waals surface area (Å²) in [5.41, 5.74) is 2.94. The molecule has 0 heterocycles. The Balaban J connectivity index is 2.69. The summed E-state index contributed by atoms with van der Waals surface area (Å²) in [4.78, 5) is 14.1. The Kier molecular flexibility index (Phi) is 7.24. The molecule has 112 valence electrons. The highest BCUT2D eigenvalue weighted by Gasteiger charge is 2.12. The first-order valence-corrected chi connectivity index (χ1v) is 7.47. The fraction of sp³-hybridized carbons (Fsp3) is 0.316. The van der Waals surface area contributed by atoms with Gasteiger partial charge in [-0.15, -0.1) is 0 Å². The zero-order valence-electron chi connectivity index (χ0n) is 13.3. The molecular weight excluding hydrogens is 258 g/mol. The molecule has 0 atom stereocenters. The van der Waals surface area contributed by atoms with Crippen LogP contribution in [0, 0.1) is 0 Å². The van der Waals surface area contributed by atoms with E-state index < -0.39 is 0 Å². The molecule has 0 aliphatic rings. The molecule has 0 saturated carbocycles. The summed E-state index contributed by atoms with van der Waals surface area (Å²) in [5.74, 6) is 0.0752. The Hall–Kier alpha value is -2.09. The van der Waals surface area contributed by atoms with Gasteiger partial charge in [0.2, 0.25) is 0 Å². The first kappa shape index (κ1) is 17.0. The predicted octanol–water partition coefficient (Wildman–Crippen LogP) is 4.16. The highest BCUT2D eigenvalue weighted by molar-refractivity contribution is 5.96. The summed E-state index contributed by atoms with van der Waals surface area (Å²) in [6.07, 6.45) is 6.45. The van der Waals surface area contributed by atoms with Crippen molar-refractivity contribution in [1.82, 2.24) is 4.90 Å². The average molecular weight is 283 g/mol. The molecule has 0 aromatic heterocycles. The third-order valence-corrected chi connectivity index (χ3v) is 3.38. The SMILES string of the molecule is C=C(/C=C\C(=C/C)C(=O)N(CC)CC)Cc1ccccc1. The second-order valence-corrected chi connectivity index (χ2v) is 4.88. The quantitative estimate of drug-likeness (QED) is 0.543. The summed E-state index contributed by atoms with van der Waals surface area (Å²) >= 11 is 0. The van der Waals surface area contributed by atoms with Gasteiger partial charge in [-0.1, -0.05) is 54.6 Å². The van der Waals surface area contributed by atoms with Crippen LogP contribution in [0.2, 0.25) is 0 Å². The van der Waals surface area contributed by atoms with E-state index >= 15 is 0 Å². The lowest BCUT2D eigenvalue weighted by atomic mass is 10.0. The van der Waals surface area contributed by atoms with Crippen molar-refractivity contribution in [3.8, 4) is 0 Å². The number of hydrogen-bond acceptors (Lipinski definition) is 1. The number of nitrogens with zero attached hydrogens (tertiary/aromatic N) is 1. The number of carbonyl (C=O) groups excluding carboxylic acids is 1. The molecule has 0 saturated heterocycles. The van der Waals surface area contributed by atoms with Gasteiger partial charge in [0.25, 0.3) is 5.91 Å². The van der Waals surface area contributed by atoms with Gasteiger partial charge in [-0.05, 0) is 38.8 Å². The molecule has 2 nitrogen and oxygen atoms in total. The van der Waals surface area contributed by atoms with E-state index in [9.17, 15) is 4.79 Å². The maximum atomic E-state index is 12.3. The van der Waals surface area contributed by atoms with Crippen molar-refractivity contribution >= 4 is 5.91 Å². The standard InChI is InChI=1S/C19H25NO/c1-5-18(19(21)20(6-2)7-3)14-13-16(4)15-17-11-9-8-10-12-17/h5,8-14H,4,6-7,15H2,1-3H3/b14-13-,18-5+. The van der Waals surface area contributed by atoms with Crippen molar-refractivity contribution in [2.75, 3.05) is 13.1 Å². The smallest absolute Gasteiger partial charge is 0.253 e. The maximum Gasteiger partial charge on any atom is 0.253 e. The monoisotopic (exact) mass is 283 g/mol. The lowest BCUT2D eigenvalue weighted by Crippen LogP contribution is -2.31. The molecule has 0 aliphatic carbocycles. The number of likely N-dealkylation sites (N-methyl/N-ethyl adjacent to an activating group) is 1. The van der Waals surface area contributed by atoms with E-state index in [2.05, 4.69) is 18.7 Å². The minimum atomic E-state index is 0.0752. The van der Waals surface area contributed by atoms with Gasteiger partial charge in [0.1, 0.15) is 0 Å². The van der Waals surface area contributed by atoms with E-state index in [-0.39, 0.29) is 5.91 Å². The van der Waals surface area contributed by atoms with E-state index in [1.54, 1.807) is 0 Å². The van der Waals surface area contributed by atoms with E-state index in [0.717, 1.165) is 25.1 Å². The summed E-state index contributed by atoms with van der Waals surface area (Å²) in [6, 6.07) is 10.2. The van der Waals surface area contributed by atoms with Gasteiger partial charge in [0.05, 0.1) is 0 Å². The molecule has 1 aromatic rings. The Bertz CT molecular complexity index is 522. The molecule has 0 aliphatic heterocycles. The normalized spacial score (nSPS) is 11.7. The van der Waals surface area contributed by atoms with Gasteiger partial charge >= 0.3 is 0 Å². The molecule has 1 amide bonds. The zero-order valence-corrected chi connectivity index (χ0v) is 13.3. The number of amides is 1. The van der Waals surface area contributed by atoms with Crippen LogP contribution >= 0.6 is 0 Å². The molecular formula is C19H25NO. The molecule has 21 heavy (non-hydrogen) atoms. The second-order valence-electron chi connectivity index (χ2n) is 4.88. The van der Waals surface area contributed by atoms with Crippen LogP contribution in [0.3, 0.4) is 0 Å². The molecule has 2 heteroatoms. The number of benzene rings is 1. The molecule has 1 rings (SSSR count). The van der Waals surface area contributed by atoms with E-state index in [0.29, 0.717) is 5.57 Å². The highest BCUT2D eigenvalue weighted by atomic mass is 16.2. The summed E-state index contributed by atoms with van der Waals surface area (Å²) in [6.45, 7) is 11.4. The van der Waals surface area contributed by atoms with Crippen LogP contribution in [0.25, 0.3) is 0 Å². The van der Waals surface area contributed by atoms with Gasteiger partial charge in [-0.3, -0.25) is 4.79 Å². The fourth-order valence-corrected chi connectivity index (χ4v) is 2.11. The first-order chi connectivity index (χ1) is 10.1. The average Bonchev–Trinajstić information content (AvgIpc) is 2.50. The van der Waals surface area contributed by atoms with Crippen LogP contribution in [0.5, 0.6) is 0 Å². The van der Waals surface area contributed by atoms with Gasteiger partial charge in [-0.2, -0.15) is 0 Å². The lowest BCUT2D eigenvalue weighted by molar-refractivity contribution is -0.126. The van der Waals surface area contributed by atoms with E-state index in [4.69, 9.17) is 0 Å². The fourth-order valence-electron chi connectivity index (χ4n) is 2.11. The predicted molar refractivity (Wildman–Crippen MR) is 90.1 cm³/mol. The molecule has 0 unspecified atom stereocenters. The Morgan fingerprint density at radius 3 is 2.29 bits per heavy atom. The zero-order chi connectivity index (χ0) is 15.7. The minimum absolute atomic E-state index is 0.0752. The maximum absolute atomic E-state index is 12.3. The third kappa shape index (κ3) is 5.42. The topological polar surface area (TPSA) is 20.3 Å². The molecule has 0 radical (unpaired) electrons. The van der Waals surface area contributed by atoms with Gasteiger partial charge in [0, 0.05) is 18.7 Å². The van der Waals surface area contributed by atoms with Crippen molar-refractivity contribution in [1.29, 1.82) is 0 Å². The first-order valence-electron chi connectivity index (χ1n) is 7.47. The number of rotatable bonds is 7. The number of allylic oxidation sites excluding steroid dienone is 3. The summed E-state index contributed by atoms with van der Waals surface area (Å²) in [5, 5.41) is 0. The molecule has 0 fully saturated rings. The van der Waals surface area contributed by atoms with Crippen molar-refractivity contribution in [3.05, 3.63) is 71.8 Å². The molecule has 0 N–H and O–H groups in total. The van der Waals surface area contributed by atoms with Crippen LogP contribution in [0.15, 0.2) is 66.3 Å². The molecule has 1 aromatic carbocycles. The summed E-state index contributed by atoms with van der Waals surface area (Å²) in [7, 11) is 0. The van der Waals surface area contributed by atoms with E-state index in [1.807, 2.05) is 62.1 Å². The van der Waals surface area contributed by atoms with Crippen molar-refractivity contribution < 1.29 is 4.79 Å². The minimum Gasteiger partial charge on any atom is -0.339 e.